The van der Waals surface area contributed by atoms with Crippen molar-refractivity contribution in [2.24, 2.45) is 0 Å². The van der Waals surface area contributed by atoms with Crippen LogP contribution in [0.3, 0.4) is 0 Å². The van der Waals surface area contributed by atoms with E-state index >= 15 is 0 Å². The summed E-state index contributed by atoms with van der Waals surface area (Å²) >= 11 is 5.76. The summed E-state index contributed by atoms with van der Waals surface area (Å²) in [6.07, 6.45) is -5.09. The minimum atomic E-state index is -5.09. The van der Waals surface area contributed by atoms with Crippen LogP contribution in [-0.2, 0) is 14.3 Å². The van der Waals surface area contributed by atoms with Crippen molar-refractivity contribution < 1.29 is 27.5 Å². The maximum Gasteiger partial charge on any atom is 0.490 e. The molecule has 17 heavy (non-hydrogen) atoms. The van der Waals surface area contributed by atoms with Crippen molar-refractivity contribution in [3.63, 3.8) is 0 Å². The zero-order valence-corrected chi connectivity index (χ0v) is 9.35. The van der Waals surface area contributed by atoms with E-state index in [2.05, 4.69) is 10.1 Å². The smallest absolute Gasteiger partial charge is 0.449 e. The molecule has 1 saturated heterocycles. The number of hydrogen-bond donors (Lipinski definition) is 1. The van der Waals surface area contributed by atoms with Crippen molar-refractivity contribution in [3.8, 4) is 0 Å². The van der Waals surface area contributed by atoms with Gasteiger partial charge in [0, 0.05) is 19.6 Å². The summed E-state index contributed by atoms with van der Waals surface area (Å²) in [6.45, 7) is 0.126. The minimum absolute atomic E-state index is 0.260. The van der Waals surface area contributed by atoms with E-state index in [4.69, 9.17) is 11.6 Å². The van der Waals surface area contributed by atoms with Crippen LogP contribution in [0.2, 0.25) is 0 Å². The van der Waals surface area contributed by atoms with Gasteiger partial charge in [0.05, 0.1) is 0 Å². The fourth-order valence-electron chi connectivity index (χ4n) is 1.24. The first-order valence-electron chi connectivity index (χ1n) is 4.70. The lowest BCUT2D eigenvalue weighted by molar-refractivity contribution is -0.200. The van der Waals surface area contributed by atoms with E-state index < -0.39 is 30.2 Å². The van der Waals surface area contributed by atoms with Crippen LogP contribution in [0, 0.1) is 0 Å². The maximum atomic E-state index is 11.8. The third-order valence-corrected chi connectivity index (χ3v) is 2.45. The molecule has 9 heteroatoms. The number of nitrogens with one attached hydrogen (secondary N) is 1. The standard InChI is InChI=1S/C8H10ClF3N2O3/c9-5-3-13-1-2-14(5)6(15)4-17-7(16)8(10,11)12/h5,13H,1-4H2. The second kappa shape index (κ2) is 5.54. The summed E-state index contributed by atoms with van der Waals surface area (Å²) in [5.41, 5.74) is -0.652. The zero-order chi connectivity index (χ0) is 13.1. The molecule has 1 atom stereocenters. The molecule has 1 aliphatic rings. The highest BCUT2D eigenvalue weighted by Crippen LogP contribution is 2.16. The maximum absolute atomic E-state index is 11.8. The molecule has 0 aromatic heterocycles. The van der Waals surface area contributed by atoms with Gasteiger partial charge in [-0.2, -0.15) is 13.2 Å². The van der Waals surface area contributed by atoms with Crippen molar-refractivity contribution in [3.05, 3.63) is 0 Å². The summed E-state index contributed by atoms with van der Waals surface area (Å²) in [5, 5.41) is 2.89. The third kappa shape index (κ3) is 4.04. The van der Waals surface area contributed by atoms with Gasteiger partial charge in [0.1, 0.15) is 5.50 Å². The van der Waals surface area contributed by atoms with Crippen molar-refractivity contribution in [1.29, 1.82) is 0 Å². The Morgan fingerprint density at radius 2 is 2.12 bits per heavy atom. The average molecular weight is 275 g/mol. The van der Waals surface area contributed by atoms with Crippen LogP contribution in [0.15, 0.2) is 0 Å². The number of alkyl halides is 4. The number of esters is 1. The van der Waals surface area contributed by atoms with Crippen molar-refractivity contribution >= 4 is 23.5 Å². The van der Waals surface area contributed by atoms with E-state index in [0.29, 0.717) is 13.1 Å². The van der Waals surface area contributed by atoms with E-state index in [1.807, 2.05) is 0 Å². The van der Waals surface area contributed by atoms with Gasteiger partial charge in [0.2, 0.25) is 0 Å². The average Bonchev–Trinajstić information content (AvgIpc) is 2.24. The van der Waals surface area contributed by atoms with Crippen LogP contribution in [0.4, 0.5) is 13.2 Å². The molecule has 0 bridgehead atoms. The van der Waals surface area contributed by atoms with Crippen LogP contribution < -0.4 is 5.32 Å². The summed E-state index contributed by atoms with van der Waals surface area (Å²) in [4.78, 5) is 22.9. The van der Waals surface area contributed by atoms with Gasteiger partial charge in [-0.15, -0.1) is 0 Å². The Kier molecular flexibility index (Phi) is 4.58. The number of carbonyl (C=O) groups excluding carboxylic acids is 2. The molecular formula is C8H10ClF3N2O3. The van der Waals surface area contributed by atoms with Gasteiger partial charge in [-0.05, 0) is 0 Å². The molecular weight excluding hydrogens is 265 g/mol. The molecule has 0 aromatic rings. The predicted octanol–water partition coefficient (Wildman–Crippen LogP) is 0.0886. The molecule has 0 radical (unpaired) electrons. The highest BCUT2D eigenvalue weighted by Gasteiger charge is 2.41. The predicted molar refractivity (Wildman–Crippen MR) is 51.2 cm³/mol. The first-order valence-corrected chi connectivity index (χ1v) is 5.14. The number of halogens is 4. The Hall–Kier alpha value is -1.02. The second-order valence-electron chi connectivity index (χ2n) is 3.30. The first kappa shape index (κ1) is 14.0. The Labute approximate surface area is 99.8 Å². The lowest BCUT2D eigenvalue weighted by Gasteiger charge is -2.32. The highest BCUT2D eigenvalue weighted by atomic mass is 35.5. The van der Waals surface area contributed by atoms with Gasteiger partial charge in [-0.1, -0.05) is 11.6 Å². The molecule has 0 aliphatic carbocycles. The van der Waals surface area contributed by atoms with Gasteiger partial charge in [-0.3, -0.25) is 4.79 Å². The fraction of sp³-hybridized carbons (Fsp3) is 0.750. The van der Waals surface area contributed by atoms with E-state index in [1.165, 1.54) is 0 Å². The van der Waals surface area contributed by atoms with Crippen molar-refractivity contribution in [2.45, 2.75) is 11.7 Å². The molecule has 1 fully saturated rings. The number of hydrogen-bond acceptors (Lipinski definition) is 4. The fourth-order valence-corrected chi connectivity index (χ4v) is 1.56. The molecule has 1 rings (SSSR count). The number of amides is 1. The lowest BCUT2D eigenvalue weighted by atomic mass is 10.3. The molecule has 1 amide bonds. The van der Waals surface area contributed by atoms with Gasteiger partial charge in [0.15, 0.2) is 6.61 Å². The van der Waals surface area contributed by atoms with Crippen LogP contribution in [0.1, 0.15) is 0 Å². The quantitative estimate of drug-likeness (QED) is 0.440. The monoisotopic (exact) mass is 274 g/mol. The van der Waals surface area contributed by atoms with E-state index in [0.717, 1.165) is 4.90 Å². The van der Waals surface area contributed by atoms with Crippen LogP contribution in [0.5, 0.6) is 0 Å². The van der Waals surface area contributed by atoms with Gasteiger partial charge >= 0.3 is 12.1 Å². The molecule has 1 aliphatic heterocycles. The van der Waals surface area contributed by atoms with E-state index in [1.54, 1.807) is 0 Å². The summed E-state index contributed by atoms with van der Waals surface area (Å²) in [6, 6.07) is 0. The third-order valence-electron chi connectivity index (χ3n) is 2.06. The summed E-state index contributed by atoms with van der Waals surface area (Å²) in [7, 11) is 0. The topological polar surface area (TPSA) is 58.6 Å². The Morgan fingerprint density at radius 3 is 2.65 bits per heavy atom. The first-order chi connectivity index (χ1) is 7.82. The number of rotatable bonds is 2. The van der Waals surface area contributed by atoms with Gasteiger partial charge < -0.3 is 15.0 Å². The Balaban J connectivity index is 2.41. The van der Waals surface area contributed by atoms with Crippen molar-refractivity contribution in [1.82, 2.24) is 10.2 Å². The number of piperazine rings is 1. The zero-order valence-electron chi connectivity index (χ0n) is 8.59. The molecule has 98 valence electrons. The molecule has 0 saturated carbocycles. The van der Waals surface area contributed by atoms with Crippen LogP contribution >= 0.6 is 11.6 Å². The molecule has 1 N–H and O–H groups in total. The second-order valence-corrected chi connectivity index (χ2v) is 3.80. The summed E-state index contributed by atoms with van der Waals surface area (Å²) in [5.74, 6) is -3.13. The number of nitrogens with zero attached hydrogens (tertiary/aromatic N) is 1. The Bertz CT molecular complexity index is 311. The lowest BCUT2D eigenvalue weighted by Crippen LogP contribution is -2.52. The summed E-state index contributed by atoms with van der Waals surface area (Å²) < 4.78 is 39.2. The van der Waals surface area contributed by atoms with E-state index in [-0.39, 0.29) is 6.54 Å². The molecule has 1 heterocycles. The van der Waals surface area contributed by atoms with E-state index in [9.17, 15) is 22.8 Å². The number of ether oxygens (including phenoxy) is 1. The van der Waals surface area contributed by atoms with Crippen LogP contribution in [0.25, 0.3) is 0 Å². The molecule has 0 spiro atoms. The van der Waals surface area contributed by atoms with Gasteiger partial charge in [-0.25, -0.2) is 4.79 Å². The molecule has 0 aromatic carbocycles. The largest absolute Gasteiger partial charge is 0.490 e. The van der Waals surface area contributed by atoms with Crippen LogP contribution in [-0.4, -0.2) is 54.7 Å². The normalized spacial score (nSPS) is 21.2. The molecule has 5 nitrogen and oxygen atoms in total. The highest BCUT2D eigenvalue weighted by molar-refractivity contribution is 6.21. The molecule has 1 unspecified atom stereocenters. The van der Waals surface area contributed by atoms with Crippen molar-refractivity contribution in [2.75, 3.05) is 26.2 Å². The van der Waals surface area contributed by atoms with Gasteiger partial charge in [0.25, 0.3) is 5.91 Å². The minimum Gasteiger partial charge on any atom is -0.449 e. The SMILES string of the molecule is O=C(COC(=O)C(F)(F)F)N1CCNCC1Cl. The Morgan fingerprint density at radius 1 is 1.47 bits per heavy atom. The number of carbonyl (C=O) groups is 2.